The van der Waals surface area contributed by atoms with Gasteiger partial charge in [-0.3, -0.25) is 14.7 Å². The SMILES string of the molecule is O=[N+]([O-])c1cc(-n2c(O)c3c(c2O)[C@@H]2CC[C@H]3[C@H]3C[C@H]32)ccc1Cl. The van der Waals surface area contributed by atoms with E-state index >= 15 is 0 Å². The second kappa shape index (κ2) is 4.45. The lowest BCUT2D eigenvalue weighted by Gasteiger charge is -2.35. The van der Waals surface area contributed by atoms with Crippen molar-refractivity contribution in [3.63, 3.8) is 0 Å². The van der Waals surface area contributed by atoms with Gasteiger partial charge in [-0.05, 0) is 55.1 Å². The molecule has 0 spiro atoms. The van der Waals surface area contributed by atoms with Crippen LogP contribution in [0.25, 0.3) is 5.69 Å². The van der Waals surface area contributed by atoms with Gasteiger partial charge >= 0.3 is 0 Å². The fourth-order valence-corrected chi connectivity index (χ4v) is 5.19. The fraction of sp³-hybridized carbons (Fsp3) is 0.412. The standard InChI is InChI=1S/C17H15ClN2O4/c18-12-4-1-7(5-13(12)20(23)24)19-16(21)14-8-2-3-9(11-6-10(8)11)15(14)17(19)22/h1,4-5,8-11,21-22H,2-3,6H2/t8-,9+,10+,11-. The lowest BCUT2D eigenvalue weighted by molar-refractivity contribution is -0.384. The molecule has 2 aromatic rings. The van der Waals surface area contributed by atoms with Crippen LogP contribution in [-0.2, 0) is 0 Å². The summed E-state index contributed by atoms with van der Waals surface area (Å²) in [4.78, 5) is 10.6. The van der Waals surface area contributed by atoms with E-state index in [0.717, 1.165) is 24.0 Å². The van der Waals surface area contributed by atoms with Crippen molar-refractivity contribution in [2.24, 2.45) is 11.8 Å². The van der Waals surface area contributed by atoms with E-state index in [1.54, 1.807) is 6.07 Å². The molecule has 6 nitrogen and oxygen atoms in total. The minimum absolute atomic E-state index is 0.0131. The van der Waals surface area contributed by atoms with Crippen molar-refractivity contribution < 1.29 is 15.1 Å². The molecule has 2 bridgehead atoms. The number of rotatable bonds is 2. The van der Waals surface area contributed by atoms with Gasteiger partial charge in [0.25, 0.3) is 5.69 Å². The van der Waals surface area contributed by atoms with Gasteiger partial charge in [0, 0.05) is 17.2 Å². The molecule has 0 amide bonds. The van der Waals surface area contributed by atoms with Crippen LogP contribution in [0.1, 0.15) is 42.2 Å². The maximum Gasteiger partial charge on any atom is 0.289 e. The maximum atomic E-state index is 11.1. The summed E-state index contributed by atoms with van der Waals surface area (Å²) in [5.41, 5.74) is 1.80. The smallest absolute Gasteiger partial charge is 0.289 e. The average Bonchev–Trinajstić information content (AvgIpc) is 3.33. The largest absolute Gasteiger partial charge is 0.494 e. The van der Waals surface area contributed by atoms with Gasteiger partial charge in [0.05, 0.1) is 10.6 Å². The summed E-state index contributed by atoms with van der Waals surface area (Å²) in [6, 6.07) is 4.28. The molecule has 6 rings (SSSR count). The second-order valence-electron chi connectivity index (χ2n) is 7.06. The summed E-state index contributed by atoms with van der Waals surface area (Å²) >= 11 is 5.86. The molecule has 7 heteroatoms. The van der Waals surface area contributed by atoms with Crippen molar-refractivity contribution in [2.45, 2.75) is 31.1 Å². The first-order chi connectivity index (χ1) is 11.5. The van der Waals surface area contributed by atoms with Gasteiger partial charge in [0.1, 0.15) is 5.02 Å². The zero-order valence-corrected chi connectivity index (χ0v) is 13.4. The first kappa shape index (κ1) is 14.2. The summed E-state index contributed by atoms with van der Waals surface area (Å²) < 4.78 is 1.32. The van der Waals surface area contributed by atoms with Gasteiger partial charge < -0.3 is 10.2 Å². The Morgan fingerprint density at radius 1 is 1.12 bits per heavy atom. The number of fused-ring (bicyclic) bond motifs is 1. The molecule has 4 atom stereocenters. The highest BCUT2D eigenvalue weighted by atomic mass is 35.5. The molecule has 0 unspecified atom stereocenters. The van der Waals surface area contributed by atoms with Crippen molar-refractivity contribution in [1.29, 1.82) is 0 Å². The fourth-order valence-electron chi connectivity index (χ4n) is 5.00. The Labute approximate surface area is 142 Å². The Bertz CT molecular complexity index is 867. The average molecular weight is 347 g/mol. The van der Waals surface area contributed by atoms with Crippen molar-refractivity contribution in [3.05, 3.63) is 44.5 Å². The van der Waals surface area contributed by atoms with Crippen LogP contribution in [0.3, 0.4) is 0 Å². The quantitative estimate of drug-likeness (QED) is 0.634. The van der Waals surface area contributed by atoms with Gasteiger partial charge in [-0.15, -0.1) is 0 Å². The number of benzene rings is 1. The molecule has 124 valence electrons. The van der Waals surface area contributed by atoms with Crippen molar-refractivity contribution in [2.75, 3.05) is 0 Å². The lowest BCUT2D eigenvalue weighted by Crippen LogP contribution is -2.22. The third-order valence-corrected chi connectivity index (χ3v) is 6.35. The highest BCUT2D eigenvalue weighted by Crippen LogP contribution is 2.70. The van der Waals surface area contributed by atoms with Crippen LogP contribution in [0.15, 0.2) is 18.2 Å². The van der Waals surface area contributed by atoms with Crippen LogP contribution in [0.4, 0.5) is 5.69 Å². The van der Waals surface area contributed by atoms with E-state index in [4.69, 9.17) is 11.6 Å². The molecule has 0 saturated heterocycles. The topological polar surface area (TPSA) is 88.5 Å². The number of aromatic hydroxyl groups is 2. The van der Waals surface area contributed by atoms with E-state index in [9.17, 15) is 20.3 Å². The lowest BCUT2D eigenvalue weighted by atomic mass is 9.68. The number of nitro benzene ring substituents is 1. The van der Waals surface area contributed by atoms with E-state index in [0.29, 0.717) is 29.4 Å². The van der Waals surface area contributed by atoms with E-state index in [1.165, 1.54) is 23.1 Å². The second-order valence-corrected chi connectivity index (χ2v) is 7.46. The van der Waals surface area contributed by atoms with Crippen LogP contribution < -0.4 is 0 Å². The number of nitrogens with zero attached hydrogens (tertiary/aromatic N) is 2. The normalized spacial score (nSPS) is 29.2. The van der Waals surface area contributed by atoms with Gasteiger partial charge in [-0.2, -0.15) is 0 Å². The van der Waals surface area contributed by atoms with Crippen LogP contribution in [0.2, 0.25) is 5.02 Å². The minimum Gasteiger partial charge on any atom is -0.494 e. The van der Waals surface area contributed by atoms with Crippen molar-refractivity contribution in [1.82, 2.24) is 4.57 Å². The Morgan fingerprint density at radius 3 is 2.25 bits per heavy atom. The molecule has 2 N–H and O–H groups in total. The Morgan fingerprint density at radius 2 is 1.71 bits per heavy atom. The van der Waals surface area contributed by atoms with Crippen molar-refractivity contribution in [3.8, 4) is 17.4 Å². The molecule has 1 aromatic heterocycles. The molecule has 2 saturated carbocycles. The number of aromatic nitrogens is 1. The van der Waals surface area contributed by atoms with Crippen LogP contribution in [0, 0.1) is 22.0 Å². The monoisotopic (exact) mass is 346 g/mol. The first-order valence-electron chi connectivity index (χ1n) is 8.09. The summed E-state index contributed by atoms with van der Waals surface area (Å²) in [6.45, 7) is 0. The summed E-state index contributed by atoms with van der Waals surface area (Å²) in [5.74, 6) is 1.86. The molecule has 24 heavy (non-hydrogen) atoms. The number of hydrogen-bond donors (Lipinski definition) is 2. The Kier molecular flexibility index (Phi) is 2.62. The number of hydrogen-bond acceptors (Lipinski definition) is 4. The highest BCUT2D eigenvalue weighted by molar-refractivity contribution is 6.32. The molecule has 1 heterocycles. The zero-order valence-electron chi connectivity index (χ0n) is 12.6. The molecule has 0 aliphatic heterocycles. The molecule has 0 radical (unpaired) electrons. The van der Waals surface area contributed by atoms with Crippen LogP contribution in [-0.4, -0.2) is 19.7 Å². The molecule has 2 fully saturated rings. The summed E-state index contributed by atoms with van der Waals surface area (Å²) in [5, 5.41) is 32.7. The predicted molar refractivity (Wildman–Crippen MR) is 87.1 cm³/mol. The van der Waals surface area contributed by atoms with Gasteiger partial charge in [-0.1, -0.05) is 11.6 Å². The first-order valence-corrected chi connectivity index (χ1v) is 8.47. The van der Waals surface area contributed by atoms with Crippen LogP contribution >= 0.6 is 11.6 Å². The third kappa shape index (κ3) is 1.61. The van der Waals surface area contributed by atoms with E-state index < -0.39 is 4.92 Å². The van der Waals surface area contributed by atoms with Gasteiger partial charge in [-0.25, -0.2) is 0 Å². The Hall–Kier alpha value is -2.21. The Balaban J connectivity index is 1.72. The summed E-state index contributed by atoms with van der Waals surface area (Å²) in [6.07, 6.45) is 3.25. The molecule has 4 aliphatic carbocycles. The van der Waals surface area contributed by atoms with Gasteiger partial charge in [0.15, 0.2) is 0 Å². The zero-order chi connectivity index (χ0) is 16.7. The molecular formula is C17H15ClN2O4. The van der Waals surface area contributed by atoms with E-state index in [2.05, 4.69) is 0 Å². The predicted octanol–water partition coefficient (Wildman–Crippen LogP) is 4.06. The van der Waals surface area contributed by atoms with Crippen LogP contribution in [0.5, 0.6) is 11.8 Å². The maximum absolute atomic E-state index is 11.1. The molecule has 4 aliphatic rings. The number of nitro groups is 1. The van der Waals surface area contributed by atoms with E-state index in [-0.39, 0.29) is 22.5 Å². The van der Waals surface area contributed by atoms with Gasteiger partial charge in [0.2, 0.25) is 11.8 Å². The third-order valence-electron chi connectivity index (χ3n) is 6.04. The van der Waals surface area contributed by atoms with E-state index in [1.807, 2.05) is 0 Å². The molecular weight excluding hydrogens is 332 g/mol. The molecule has 1 aromatic carbocycles. The van der Waals surface area contributed by atoms with Crippen molar-refractivity contribution >= 4 is 17.3 Å². The number of halogens is 1. The minimum atomic E-state index is -0.567. The summed E-state index contributed by atoms with van der Waals surface area (Å²) in [7, 11) is 0. The highest BCUT2D eigenvalue weighted by Gasteiger charge is 2.58.